The molecule has 2 rings (SSSR count). The minimum atomic E-state index is 0.195. The predicted molar refractivity (Wildman–Crippen MR) is 84.8 cm³/mol. The molecule has 0 unspecified atom stereocenters. The van der Waals surface area contributed by atoms with Gasteiger partial charge in [-0.25, -0.2) is 0 Å². The van der Waals surface area contributed by atoms with E-state index in [-0.39, 0.29) is 5.75 Å². The van der Waals surface area contributed by atoms with E-state index in [1.807, 2.05) is 12.1 Å². The van der Waals surface area contributed by atoms with Gasteiger partial charge in [0.1, 0.15) is 0 Å². The quantitative estimate of drug-likeness (QED) is 0.657. The number of piperidine rings is 1. The largest absolute Gasteiger partial charge is 0.504 e. The van der Waals surface area contributed by atoms with E-state index in [9.17, 15) is 5.11 Å². The topological polar surface area (TPSA) is 71.1 Å². The van der Waals surface area contributed by atoms with Gasteiger partial charge in [-0.05, 0) is 36.8 Å². The average molecular weight is 291 g/mol. The van der Waals surface area contributed by atoms with Crippen LogP contribution >= 0.6 is 0 Å². The zero-order valence-corrected chi connectivity index (χ0v) is 12.9. The van der Waals surface area contributed by atoms with Crippen molar-refractivity contribution >= 4 is 5.96 Å². The van der Waals surface area contributed by atoms with Gasteiger partial charge in [-0.1, -0.05) is 19.1 Å². The van der Waals surface area contributed by atoms with E-state index in [1.54, 1.807) is 13.2 Å². The number of likely N-dealkylation sites (tertiary alicyclic amines) is 1. The summed E-state index contributed by atoms with van der Waals surface area (Å²) in [6, 6.07) is 5.49. The zero-order chi connectivity index (χ0) is 15.2. The fourth-order valence-electron chi connectivity index (χ4n) is 2.56. The number of aliphatic imine (C=N–C) groups is 1. The Balaban J connectivity index is 1.90. The summed E-state index contributed by atoms with van der Waals surface area (Å²) in [7, 11) is 1.55. The standard InChI is InChI=1S/C16H25N3O2/c1-12-7-10-19(11-8-12)16(17)18-9-6-13-4-3-5-14(21-2)15(13)20/h3-5,12,20H,6-11H2,1-2H3,(H2,17,18). The number of hydrogen-bond donors (Lipinski definition) is 2. The van der Waals surface area contributed by atoms with E-state index in [4.69, 9.17) is 10.5 Å². The molecule has 0 aliphatic carbocycles. The lowest BCUT2D eigenvalue weighted by atomic mass is 10.00. The lowest BCUT2D eigenvalue weighted by molar-refractivity contribution is 0.277. The van der Waals surface area contributed by atoms with E-state index in [1.165, 1.54) is 12.8 Å². The fourth-order valence-corrected chi connectivity index (χ4v) is 2.56. The second kappa shape index (κ2) is 7.20. The first-order valence-corrected chi connectivity index (χ1v) is 7.51. The molecule has 5 nitrogen and oxygen atoms in total. The van der Waals surface area contributed by atoms with Crippen LogP contribution in [0, 0.1) is 5.92 Å². The fraction of sp³-hybridized carbons (Fsp3) is 0.562. The van der Waals surface area contributed by atoms with Gasteiger partial charge in [-0.15, -0.1) is 0 Å². The van der Waals surface area contributed by atoms with E-state index in [0.717, 1.165) is 24.6 Å². The van der Waals surface area contributed by atoms with Gasteiger partial charge in [0, 0.05) is 19.6 Å². The second-order valence-corrected chi connectivity index (χ2v) is 5.63. The Labute approximate surface area is 126 Å². The first kappa shape index (κ1) is 15.5. The molecule has 0 aromatic heterocycles. The maximum atomic E-state index is 10.0. The van der Waals surface area contributed by atoms with Gasteiger partial charge in [0.05, 0.1) is 7.11 Å². The lowest BCUT2D eigenvalue weighted by Gasteiger charge is -2.31. The van der Waals surface area contributed by atoms with Crippen molar-refractivity contribution in [3.63, 3.8) is 0 Å². The van der Waals surface area contributed by atoms with Crippen molar-refractivity contribution in [2.24, 2.45) is 16.6 Å². The molecule has 1 aromatic rings. The first-order chi connectivity index (χ1) is 10.1. The molecule has 1 aliphatic heterocycles. The summed E-state index contributed by atoms with van der Waals surface area (Å²) in [6.45, 7) is 4.82. The minimum Gasteiger partial charge on any atom is -0.504 e. The summed E-state index contributed by atoms with van der Waals surface area (Å²) in [5.41, 5.74) is 6.87. The molecule has 5 heteroatoms. The van der Waals surface area contributed by atoms with E-state index in [0.29, 0.717) is 24.7 Å². The lowest BCUT2D eigenvalue weighted by Crippen LogP contribution is -2.42. The highest BCUT2D eigenvalue weighted by atomic mass is 16.5. The summed E-state index contributed by atoms with van der Waals surface area (Å²) < 4.78 is 5.10. The van der Waals surface area contributed by atoms with Gasteiger partial charge in [0.25, 0.3) is 0 Å². The average Bonchev–Trinajstić information content (AvgIpc) is 2.49. The molecule has 0 saturated carbocycles. The van der Waals surface area contributed by atoms with Crippen molar-refractivity contribution in [1.29, 1.82) is 0 Å². The van der Waals surface area contributed by atoms with Crippen LogP contribution in [-0.4, -0.2) is 42.7 Å². The van der Waals surface area contributed by atoms with Crippen molar-refractivity contribution in [3.05, 3.63) is 23.8 Å². The molecular weight excluding hydrogens is 266 g/mol. The molecule has 0 spiro atoms. The molecule has 1 fully saturated rings. The number of phenolic OH excluding ortho intramolecular Hbond substituents is 1. The molecule has 0 amide bonds. The van der Waals surface area contributed by atoms with Crippen LogP contribution in [0.2, 0.25) is 0 Å². The number of hydrogen-bond acceptors (Lipinski definition) is 3. The highest BCUT2D eigenvalue weighted by Gasteiger charge is 2.16. The maximum absolute atomic E-state index is 10.0. The molecule has 1 saturated heterocycles. The molecule has 1 heterocycles. The van der Waals surface area contributed by atoms with Gasteiger partial charge in [-0.3, -0.25) is 4.99 Å². The van der Waals surface area contributed by atoms with E-state index >= 15 is 0 Å². The molecule has 0 radical (unpaired) electrons. The molecule has 1 aliphatic rings. The second-order valence-electron chi connectivity index (χ2n) is 5.63. The van der Waals surface area contributed by atoms with Crippen LogP contribution in [0.25, 0.3) is 0 Å². The third-order valence-electron chi connectivity index (χ3n) is 4.07. The van der Waals surface area contributed by atoms with Crippen molar-refractivity contribution in [2.45, 2.75) is 26.2 Å². The number of nitrogens with zero attached hydrogens (tertiary/aromatic N) is 2. The third-order valence-corrected chi connectivity index (χ3v) is 4.07. The molecule has 1 aromatic carbocycles. The minimum absolute atomic E-state index is 0.195. The Morgan fingerprint density at radius 2 is 2.14 bits per heavy atom. The van der Waals surface area contributed by atoms with Gasteiger partial charge >= 0.3 is 0 Å². The summed E-state index contributed by atoms with van der Waals surface area (Å²) in [4.78, 5) is 6.58. The van der Waals surface area contributed by atoms with Crippen LogP contribution in [0.1, 0.15) is 25.3 Å². The zero-order valence-electron chi connectivity index (χ0n) is 12.9. The van der Waals surface area contributed by atoms with Crippen LogP contribution in [0.3, 0.4) is 0 Å². The molecule has 21 heavy (non-hydrogen) atoms. The number of nitrogens with two attached hydrogens (primary N) is 1. The molecular formula is C16H25N3O2. The highest BCUT2D eigenvalue weighted by Crippen LogP contribution is 2.29. The van der Waals surface area contributed by atoms with E-state index in [2.05, 4.69) is 16.8 Å². The number of phenols is 1. The van der Waals surface area contributed by atoms with Gasteiger partial charge < -0.3 is 20.5 Å². The molecule has 116 valence electrons. The maximum Gasteiger partial charge on any atom is 0.191 e. The molecule has 0 atom stereocenters. The number of methoxy groups -OCH3 is 1. The number of para-hydroxylation sites is 1. The Morgan fingerprint density at radius 1 is 1.43 bits per heavy atom. The molecule has 3 N–H and O–H groups in total. The van der Waals surface area contributed by atoms with E-state index < -0.39 is 0 Å². The van der Waals surface area contributed by atoms with Crippen molar-refractivity contribution < 1.29 is 9.84 Å². The van der Waals surface area contributed by atoms with Crippen LogP contribution in [0.15, 0.2) is 23.2 Å². The summed E-state index contributed by atoms with van der Waals surface area (Å²) in [6.07, 6.45) is 2.99. The Hall–Kier alpha value is -1.91. The summed E-state index contributed by atoms with van der Waals surface area (Å²) in [5, 5.41) is 10.0. The Kier molecular flexibility index (Phi) is 5.31. The normalized spacial score (nSPS) is 17.0. The smallest absolute Gasteiger partial charge is 0.191 e. The third kappa shape index (κ3) is 4.03. The highest BCUT2D eigenvalue weighted by molar-refractivity contribution is 5.78. The van der Waals surface area contributed by atoms with Crippen molar-refractivity contribution in [3.8, 4) is 11.5 Å². The van der Waals surface area contributed by atoms with Crippen molar-refractivity contribution in [1.82, 2.24) is 4.90 Å². The summed E-state index contributed by atoms with van der Waals surface area (Å²) >= 11 is 0. The number of aromatic hydroxyl groups is 1. The Bertz CT molecular complexity index is 494. The van der Waals surface area contributed by atoms with Gasteiger partial charge in [0.2, 0.25) is 0 Å². The van der Waals surface area contributed by atoms with Crippen LogP contribution in [0.5, 0.6) is 11.5 Å². The predicted octanol–water partition coefficient (Wildman–Crippen LogP) is 1.99. The summed E-state index contributed by atoms with van der Waals surface area (Å²) in [5.74, 6) is 2.09. The van der Waals surface area contributed by atoms with Gasteiger partial charge in [0.15, 0.2) is 17.5 Å². The SMILES string of the molecule is COc1cccc(CCN=C(N)N2CCC(C)CC2)c1O. The Morgan fingerprint density at radius 3 is 2.81 bits per heavy atom. The first-order valence-electron chi connectivity index (χ1n) is 7.51. The number of rotatable bonds is 4. The monoisotopic (exact) mass is 291 g/mol. The number of benzene rings is 1. The van der Waals surface area contributed by atoms with Crippen LogP contribution < -0.4 is 10.5 Å². The molecule has 0 bridgehead atoms. The number of ether oxygens (including phenoxy) is 1. The van der Waals surface area contributed by atoms with Crippen molar-refractivity contribution in [2.75, 3.05) is 26.7 Å². The number of guanidine groups is 1. The van der Waals surface area contributed by atoms with Crippen LogP contribution in [0.4, 0.5) is 0 Å². The van der Waals surface area contributed by atoms with Gasteiger partial charge in [-0.2, -0.15) is 0 Å². The van der Waals surface area contributed by atoms with Crippen LogP contribution in [-0.2, 0) is 6.42 Å².